The smallest absolute Gasteiger partial charge is 0.121 e. The summed E-state index contributed by atoms with van der Waals surface area (Å²) in [6.07, 6.45) is 1.14. The third-order valence-corrected chi connectivity index (χ3v) is 2.40. The van der Waals surface area contributed by atoms with Crippen molar-refractivity contribution in [3.05, 3.63) is 42.0 Å². The maximum absolute atomic E-state index is 9.51. The van der Waals surface area contributed by atoms with Crippen molar-refractivity contribution in [2.75, 3.05) is 6.61 Å². The minimum Gasteiger partial charge on any atom is -0.508 e. The van der Waals surface area contributed by atoms with Gasteiger partial charge in [0.1, 0.15) is 11.9 Å². The molecule has 5 N–H and O–H groups in total. The molecule has 0 saturated carbocycles. The van der Waals surface area contributed by atoms with Crippen LogP contribution in [0.3, 0.4) is 0 Å². The van der Waals surface area contributed by atoms with Crippen molar-refractivity contribution in [1.29, 1.82) is 0 Å². The summed E-state index contributed by atoms with van der Waals surface area (Å²) in [6.45, 7) is 3.16. The van der Waals surface area contributed by atoms with Crippen LogP contribution >= 0.6 is 0 Å². The van der Waals surface area contributed by atoms with Gasteiger partial charge < -0.3 is 21.1 Å². The van der Waals surface area contributed by atoms with E-state index in [0.29, 0.717) is 12.0 Å². The zero-order valence-corrected chi connectivity index (χ0v) is 9.00. The van der Waals surface area contributed by atoms with Gasteiger partial charge >= 0.3 is 0 Å². The predicted octanol–water partition coefficient (Wildman–Crippen LogP) is 0.474. The van der Waals surface area contributed by atoms with Crippen LogP contribution in [0, 0.1) is 0 Å². The van der Waals surface area contributed by atoms with Gasteiger partial charge in [-0.25, -0.2) is 0 Å². The predicted molar refractivity (Wildman–Crippen MR) is 62.0 cm³/mol. The first kappa shape index (κ1) is 12.7. The second kappa shape index (κ2) is 5.65. The van der Waals surface area contributed by atoms with E-state index in [9.17, 15) is 10.2 Å². The molecule has 1 aromatic carbocycles. The largest absolute Gasteiger partial charge is 0.508 e. The second-order valence-corrected chi connectivity index (χ2v) is 3.70. The van der Waals surface area contributed by atoms with Gasteiger partial charge in [-0.15, -0.1) is 6.58 Å². The van der Waals surface area contributed by atoms with E-state index in [1.165, 1.54) is 6.07 Å². The molecule has 0 radical (unpaired) electrons. The van der Waals surface area contributed by atoms with E-state index < -0.39 is 12.7 Å². The Morgan fingerprint density at radius 3 is 2.69 bits per heavy atom. The number of phenols is 1. The number of phenolic OH excluding ortho intramolecular Hbond substituents is 1. The minimum atomic E-state index is -1.07. The van der Waals surface area contributed by atoms with Crippen LogP contribution in [0.15, 0.2) is 30.9 Å². The Hall–Kier alpha value is -1.36. The molecule has 4 nitrogen and oxygen atoms in total. The van der Waals surface area contributed by atoms with E-state index in [4.69, 9.17) is 10.8 Å². The molecule has 0 aliphatic rings. The summed E-state index contributed by atoms with van der Waals surface area (Å²) in [5.74, 6) is -0.0301. The van der Waals surface area contributed by atoms with Crippen molar-refractivity contribution in [2.24, 2.45) is 5.73 Å². The fraction of sp³-hybridized carbons (Fsp3) is 0.333. The molecular weight excluding hydrogens is 206 g/mol. The number of aliphatic hydroxyl groups is 2. The summed E-state index contributed by atoms with van der Waals surface area (Å²) < 4.78 is 0. The quantitative estimate of drug-likeness (QED) is 0.547. The van der Waals surface area contributed by atoms with Crippen LogP contribution in [0.25, 0.3) is 0 Å². The Labute approximate surface area is 94.7 Å². The summed E-state index contributed by atoms with van der Waals surface area (Å²) in [6, 6.07) is 4.69. The van der Waals surface area contributed by atoms with Crippen LogP contribution in [0.2, 0.25) is 0 Å². The van der Waals surface area contributed by atoms with E-state index >= 15 is 0 Å². The molecule has 0 bridgehead atoms. The highest BCUT2D eigenvalue weighted by atomic mass is 16.3. The fourth-order valence-electron chi connectivity index (χ4n) is 1.45. The Morgan fingerprint density at radius 2 is 2.12 bits per heavy atom. The van der Waals surface area contributed by atoms with Crippen molar-refractivity contribution >= 4 is 0 Å². The van der Waals surface area contributed by atoms with E-state index in [1.807, 2.05) is 0 Å². The van der Waals surface area contributed by atoms with Crippen LogP contribution in [-0.2, 0) is 6.42 Å². The molecule has 0 heterocycles. The highest BCUT2D eigenvalue weighted by Crippen LogP contribution is 2.25. The summed E-state index contributed by atoms with van der Waals surface area (Å²) in [5, 5.41) is 27.8. The van der Waals surface area contributed by atoms with Crippen LogP contribution in [0.5, 0.6) is 5.75 Å². The first-order valence-corrected chi connectivity index (χ1v) is 5.07. The van der Waals surface area contributed by atoms with Gasteiger partial charge in [-0.3, -0.25) is 0 Å². The first-order chi connectivity index (χ1) is 7.58. The number of aliphatic hydroxyl groups excluding tert-OH is 2. The van der Waals surface area contributed by atoms with Gasteiger partial charge in [0.25, 0.3) is 0 Å². The van der Waals surface area contributed by atoms with Gasteiger partial charge in [-0.2, -0.15) is 0 Å². The number of benzene rings is 1. The molecule has 1 aromatic rings. The molecule has 0 aromatic heterocycles. The summed E-state index contributed by atoms with van der Waals surface area (Å²) in [5.41, 5.74) is 6.91. The Morgan fingerprint density at radius 1 is 1.44 bits per heavy atom. The van der Waals surface area contributed by atoms with E-state index in [-0.39, 0.29) is 11.8 Å². The standard InChI is InChI=1S/C12H17NO3/c1-2-9(13)5-8-3-4-11(15)10(6-8)12(16)7-14/h2-4,6,9,12,14-16H,1,5,7,13H2. The van der Waals surface area contributed by atoms with Crippen LogP contribution in [0.4, 0.5) is 0 Å². The van der Waals surface area contributed by atoms with Gasteiger partial charge in [0, 0.05) is 11.6 Å². The Kier molecular flexibility index (Phi) is 4.49. The van der Waals surface area contributed by atoms with Crippen LogP contribution < -0.4 is 5.73 Å². The summed E-state index contributed by atoms with van der Waals surface area (Å²) in [4.78, 5) is 0. The molecule has 4 heteroatoms. The zero-order chi connectivity index (χ0) is 12.1. The fourth-order valence-corrected chi connectivity index (χ4v) is 1.45. The third kappa shape index (κ3) is 3.06. The number of hydrogen-bond donors (Lipinski definition) is 4. The minimum absolute atomic E-state index is 0.0301. The van der Waals surface area contributed by atoms with E-state index in [1.54, 1.807) is 18.2 Å². The lowest BCUT2D eigenvalue weighted by Gasteiger charge is -2.13. The van der Waals surface area contributed by atoms with Crippen molar-refractivity contribution in [3.8, 4) is 5.75 Å². The Bertz CT molecular complexity index is 365. The lowest BCUT2D eigenvalue weighted by Crippen LogP contribution is -2.19. The molecule has 0 aliphatic heterocycles. The highest BCUT2D eigenvalue weighted by molar-refractivity contribution is 5.38. The second-order valence-electron chi connectivity index (χ2n) is 3.70. The average molecular weight is 223 g/mol. The van der Waals surface area contributed by atoms with Gasteiger partial charge in [0.2, 0.25) is 0 Å². The van der Waals surface area contributed by atoms with Crippen molar-refractivity contribution in [2.45, 2.75) is 18.6 Å². The molecule has 1 rings (SSSR count). The van der Waals surface area contributed by atoms with Crippen LogP contribution in [-0.4, -0.2) is 28.0 Å². The number of hydrogen-bond acceptors (Lipinski definition) is 4. The molecule has 0 amide bonds. The number of nitrogens with two attached hydrogens (primary N) is 1. The highest BCUT2D eigenvalue weighted by Gasteiger charge is 2.12. The Balaban J connectivity index is 2.93. The topological polar surface area (TPSA) is 86.7 Å². The van der Waals surface area contributed by atoms with Gasteiger partial charge in [-0.1, -0.05) is 12.1 Å². The molecule has 2 unspecified atom stereocenters. The van der Waals surface area contributed by atoms with Crippen molar-refractivity contribution < 1.29 is 15.3 Å². The van der Waals surface area contributed by atoms with Crippen molar-refractivity contribution in [1.82, 2.24) is 0 Å². The summed E-state index contributed by atoms with van der Waals surface area (Å²) in [7, 11) is 0. The molecule has 16 heavy (non-hydrogen) atoms. The molecule has 0 fully saturated rings. The SMILES string of the molecule is C=CC(N)Cc1ccc(O)c(C(O)CO)c1. The normalized spacial score (nSPS) is 14.4. The van der Waals surface area contributed by atoms with E-state index in [0.717, 1.165) is 5.56 Å². The molecule has 0 saturated heterocycles. The van der Waals surface area contributed by atoms with Crippen LogP contribution in [0.1, 0.15) is 17.2 Å². The number of aromatic hydroxyl groups is 1. The van der Waals surface area contributed by atoms with Gasteiger partial charge in [0.15, 0.2) is 0 Å². The molecule has 2 atom stereocenters. The van der Waals surface area contributed by atoms with E-state index in [2.05, 4.69) is 6.58 Å². The first-order valence-electron chi connectivity index (χ1n) is 5.07. The van der Waals surface area contributed by atoms with Gasteiger partial charge in [0.05, 0.1) is 6.61 Å². The lowest BCUT2D eigenvalue weighted by atomic mass is 10.0. The molecule has 88 valence electrons. The number of rotatable bonds is 5. The lowest BCUT2D eigenvalue weighted by molar-refractivity contribution is 0.0934. The van der Waals surface area contributed by atoms with Gasteiger partial charge in [-0.05, 0) is 24.1 Å². The monoisotopic (exact) mass is 223 g/mol. The average Bonchev–Trinajstić information content (AvgIpc) is 2.30. The summed E-state index contributed by atoms with van der Waals surface area (Å²) >= 11 is 0. The van der Waals surface area contributed by atoms with Crippen molar-refractivity contribution in [3.63, 3.8) is 0 Å². The molecule has 0 spiro atoms. The molecule has 0 aliphatic carbocycles. The third-order valence-electron chi connectivity index (χ3n) is 2.40. The molecular formula is C12H17NO3. The zero-order valence-electron chi connectivity index (χ0n) is 9.00. The maximum atomic E-state index is 9.51. The maximum Gasteiger partial charge on any atom is 0.121 e.